The molecule has 0 aliphatic heterocycles. The van der Waals surface area contributed by atoms with Crippen molar-refractivity contribution in [3.05, 3.63) is 12.7 Å². The highest BCUT2D eigenvalue weighted by atomic mass is 16.6. The molecule has 7 heteroatoms. The zero-order chi connectivity index (χ0) is 16.5. The summed E-state index contributed by atoms with van der Waals surface area (Å²) in [5.41, 5.74) is -0.694. The number of amides is 2. The van der Waals surface area contributed by atoms with E-state index in [1.807, 2.05) is 0 Å². The molecule has 0 aromatic heterocycles. The van der Waals surface area contributed by atoms with Crippen molar-refractivity contribution < 1.29 is 24.2 Å². The van der Waals surface area contributed by atoms with E-state index in [0.29, 0.717) is 13.0 Å². The summed E-state index contributed by atoms with van der Waals surface area (Å²) in [7, 11) is 0. The molecule has 0 unspecified atom stereocenters. The number of hydrogen-bond donors (Lipinski definition) is 3. The summed E-state index contributed by atoms with van der Waals surface area (Å²) in [5, 5.41) is 13.7. The summed E-state index contributed by atoms with van der Waals surface area (Å²) in [4.78, 5) is 34.2. The molecule has 0 aliphatic rings. The zero-order valence-electron chi connectivity index (χ0n) is 12.8. The molecule has 3 N–H and O–H groups in total. The predicted octanol–water partition coefficient (Wildman–Crippen LogP) is 1.44. The van der Waals surface area contributed by atoms with Crippen LogP contribution in [0.3, 0.4) is 0 Å². The lowest BCUT2D eigenvalue weighted by Crippen LogP contribution is -2.48. The van der Waals surface area contributed by atoms with Crippen molar-refractivity contribution >= 4 is 18.0 Å². The maximum atomic E-state index is 11.9. The third kappa shape index (κ3) is 10.4. The Balaban J connectivity index is 4.57. The van der Waals surface area contributed by atoms with Gasteiger partial charge >= 0.3 is 12.1 Å². The van der Waals surface area contributed by atoms with Crippen LogP contribution >= 0.6 is 0 Å². The van der Waals surface area contributed by atoms with Gasteiger partial charge in [-0.3, -0.25) is 9.59 Å². The van der Waals surface area contributed by atoms with Crippen LogP contribution in [0.4, 0.5) is 4.79 Å². The highest BCUT2D eigenvalue weighted by molar-refractivity contribution is 5.86. The van der Waals surface area contributed by atoms with Gasteiger partial charge in [-0.25, -0.2) is 4.79 Å². The first-order valence-corrected chi connectivity index (χ1v) is 6.75. The van der Waals surface area contributed by atoms with E-state index in [-0.39, 0.29) is 12.8 Å². The van der Waals surface area contributed by atoms with Gasteiger partial charge in [0.15, 0.2) is 0 Å². The van der Waals surface area contributed by atoms with Crippen LogP contribution in [0, 0.1) is 0 Å². The molecule has 7 nitrogen and oxygen atoms in total. The molecule has 0 spiro atoms. The van der Waals surface area contributed by atoms with E-state index in [9.17, 15) is 14.4 Å². The molecule has 0 bridgehead atoms. The lowest BCUT2D eigenvalue weighted by molar-refractivity contribution is -0.137. The van der Waals surface area contributed by atoms with Gasteiger partial charge < -0.3 is 20.5 Å². The SMILES string of the molecule is C=CCCNC(=O)[C@H](CCC(=O)O)NC(=O)OC(C)(C)C. The number of ether oxygens (including phenoxy) is 1. The van der Waals surface area contributed by atoms with Gasteiger partial charge in [0.05, 0.1) is 0 Å². The van der Waals surface area contributed by atoms with Gasteiger partial charge in [-0.1, -0.05) is 6.08 Å². The van der Waals surface area contributed by atoms with Gasteiger partial charge in [0.2, 0.25) is 5.91 Å². The Kier molecular flexibility index (Phi) is 8.11. The van der Waals surface area contributed by atoms with Crippen molar-refractivity contribution in [2.45, 2.75) is 51.7 Å². The molecule has 0 saturated carbocycles. The van der Waals surface area contributed by atoms with Crippen molar-refractivity contribution in [3.63, 3.8) is 0 Å². The minimum atomic E-state index is -1.04. The molecular weight excluding hydrogens is 276 g/mol. The van der Waals surface area contributed by atoms with E-state index in [2.05, 4.69) is 17.2 Å². The monoisotopic (exact) mass is 300 g/mol. The molecular formula is C14H24N2O5. The molecule has 2 amide bonds. The van der Waals surface area contributed by atoms with Crippen molar-refractivity contribution in [2.75, 3.05) is 6.54 Å². The molecule has 0 heterocycles. The number of carbonyl (C=O) groups excluding carboxylic acids is 2. The van der Waals surface area contributed by atoms with E-state index < -0.39 is 29.6 Å². The second-order valence-electron chi connectivity index (χ2n) is 5.50. The van der Waals surface area contributed by atoms with Gasteiger partial charge in [0.1, 0.15) is 11.6 Å². The molecule has 120 valence electrons. The minimum Gasteiger partial charge on any atom is -0.481 e. The maximum Gasteiger partial charge on any atom is 0.408 e. The molecule has 0 aromatic carbocycles. The lowest BCUT2D eigenvalue weighted by Gasteiger charge is -2.23. The Labute approximate surface area is 124 Å². The molecule has 0 rings (SSSR count). The largest absolute Gasteiger partial charge is 0.481 e. The number of hydrogen-bond acceptors (Lipinski definition) is 4. The van der Waals surface area contributed by atoms with E-state index in [0.717, 1.165) is 0 Å². The van der Waals surface area contributed by atoms with Crippen molar-refractivity contribution in [1.82, 2.24) is 10.6 Å². The average molecular weight is 300 g/mol. The van der Waals surface area contributed by atoms with Crippen molar-refractivity contribution in [1.29, 1.82) is 0 Å². The summed E-state index contributed by atoms with van der Waals surface area (Å²) in [5.74, 6) is -1.48. The van der Waals surface area contributed by atoms with Crippen LogP contribution in [0.1, 0.15) is 40.0 Å². The Morgan fingerprint density at radius 3 is 2.43 bits per heavy atom. The first-order valence-electron chi connectivity index (χ1n) is 6.75. The molecule has 0 aromatic rings. The van der Waals surface area contributed by atoms with E-state index in [4.69, 9.17) is 9.84 Å². The molecule has 0 saturated heterocycles. The Morgan fingerprint density at radius 2 is 1.95 bits per heavy atom. The molecule has 0 aliphatic carbocycles. The van der Waals surface area contributed by atoms with Gasteiger partial charge in [-0.2, -0.15) is 0 Å². The fourth-order valence-corrected chi connectivity index (χ4v) is 1.41. The Morgan fingerprint density at radius 1 is 1.33 bits per heavy atom. The summed E-state index contributed by atoms with van der Waals surface area (Å²) in [6.07, 6.45) is 1.25. The van der Waals surface area contributed by atoms with E-state index >= 15 is 0 Å². The predicted molar refractivity (Wildman–Crippen MR) is 77.9 cm³/mol. The summed E-state index contributed by atoms with van der Waals surface area (Å²) in [6, 6.07) is -0.944. The zero-order valence-corrected chi connectivity index (χ0v) is 12.8. The van der Waals surface area contributed by atoms with Crippen LogP contribution in [0.15, 0.2) is 12.7 Å². The number of alkyl carbamates (subject to hydrolysis) is 1. The fraction of sp³-hybridized carbons (Fsp3) is 0.643. The maximum absolute atomic E-state index is 11.9. The van der Waals surface area contributed by atoms with Gasteiger partial charge in [0.25, 0.3) is 0 Å². The van der Waals surface area contributed by atoms with Gasteiger partial charge in [0, 0.05) is 13.0 Å². The summed E-state index contributed by atoms with van der Waals surface area (Å²) in [6.45, 7) is 9.00. The van der Waals surface area contributed by atoms with E-state index in [1.54, 1.807) is 26.8 Å². The third-order valence-electron chi connectivity index (χ3n) is 2.30. The number of carboxylic acids is 1. The number of aliphatic carboxylic acids is 1. The number of carbonyl (C=O) groups is 3. The van der Waals surface area contributed by atoms with Crippen LogP contribution < -0.4 is 10.6 Å². The number of rotatable bonds is 8. The van der Waals surface area contributed by atoms with E-state index in [1.165, 1.54) is 0 Å². The van der Waals surface area contributed by atoms with Crippen LogP contribution in [0.5, 0.6) is 0 Å². The number of nitrogens with one attached hydrogen (secondary N) is 2. The minimum absolute atomic E-state index is 0.00546. The molecule has 0 fully saturated rings. The number of carboxylic acid groups (broad SMARTS) is 1. The standard InChI is InChI=1S/C14H24N2O5/c1-5-6-9-15-12(19)10(7-8-11(17)18)16-13(20)21-14(2,3)4/h5,10H,1,6-9H2,2-4H3,(H,15,19)(H,16,20)(H,17,18)/t10-/m0/s1. The van der Waals surface area contributed by atoms with Gasteiger partial charge in [-0.15, -0.1) is 6.58 Å². The third-order valence-corrected chi connectivity index (χ3v) is 2.30. The highest BCUT2D eigenvalue weighted by Crippen LogP contribution is 2.08. The average Bonchev–Trinajstić information content (AvgIpc) is 2.32. The molecule has 0 radical (unpaired) electrons. The Hall–Kier alpha value is -2.05. The first kappa shape index (κ1) is 18.9. The highest BCUT2D eigenvalue weighted by Gasteiger charge is 2.24. The normalized spacial score (nSPS) is 12.1. The Bertz CT molecular complexity index is 387. The van der Waals surface area contributed by atoms with Crippen molar-refractivity contribution in [2.24, 2.45) is 0 Å². The van der Waals surface area contributed by atoms with Crippen LogP contribution in [-0.4, -0.2) is 41.3 Å². The fourth-order valence-electron chi connectivity index (χ4n) is 1.41. The van der Waals surface area contributed by atoms with Gasteiger partial charge in [-0.05, 0) is 33.6 Å². The van der Waals surface area contributed by atoms with Crippen LogP contribution in [-0.2, 0) is 14.3 Å². The van der Waals surface area contributed by atoms with Crippen LogP contribution in [0.2, 0.25) is 0 Å². The smallest absolute Gasteiger partial charge is 0.408 e. The summed E-state index contributed by atoms with van der Waals surface area (Å²) >= 11 is 0. The summed E-state index contributed by atoms with van der Waals surface area (Å²) < 4.78 is 5.06. The molecule has 1 atom stereocenters. The van der Waals surface area contributed by atoms with Crippen molar-refractivity contribution in [3.8, 4) is 0 Å². The second kappa shape index (κ2) is 8.99. The molecule has 21 heavy (non-hydrogen) atoms. The van der Waals surface area contributed by atoms with Crippen LogP contribution in [0.25, 0.3) is 0 Å². The first-order chi connectivity index (χ1) is 9.65. The second-order valence-corrected chi connectivity index (χ2v) is 5.50. The lowest BCUT2D eigenvalue weighted by atomic mass is 10.1. The quantitative estimate of drug-likeness (QED) is 0.464. The topological polar surface area (TPSA) is 105 Å².